The van der Waals surface area contributed by atoms with E-state index in [1.54, 1.807) is 18.2 Å². The van der Waals surface area contributed by atoms with Crippen molar-refractivity contribution in [1.82, 2.24) is 3.97 Å². The zero-order valence-electron chi connectivity index (χ0n) is 7.74. The number of nitrogens with zero attached hydrogens (tertiary/aromatic N) is 1. The summed E-state index contributed by atoms with van der Waals surface area (Å²) in [7, 11) is -3.28. The minimum Gasteiger partial charge on any atom is -0.244 e. The first-order valence-electron chi connectivity index (χ1n) is 4.06. The highest BCUT2D eigenvalue weighted by Gasteiger charge is 2.13. The van der Waals surface area contributed by atoms with Gasteiger partial charge in [-0.25, -0.2) is 12.4 Å². The Morgan fingerprint density at radius 1 is 1.40 bits per heavy atom. The van der Waals surface area contributed by atoms with Crippen molar-refractivity contribution in [2.45, 2.75) is 0 Å². The molecule has 0 aliphatic rings. The van der Waals surface area contributed by atoms with E-state index in [2.05, 4.69) is 15.9 Å². The van der Waals surface area contributed by atoms with E-state index in [4.69, 9.17) is 11.6 Å². The van der Waals surface area contributed by atoms with Crippen LogP contribution in [-0.2, 0) is 10.0 Å². The number of hydrogen-bond acceptors (Lipinski definition) is 2. The van der Waals surface area contributed by atoms with E-state index in [-0.39, 0.29) is 0 Å². The maximum absolute atomic E-state index is 11.5. The molecule has 0 spiro atoms. The summed E-state index contributed by atoms with van der Waals surface area (Å²) in [6.45, 7) is 0. The number of benzene rings is 1. The maximum Gasteiger partial charge on any atom is 0.236 e. The zero-order valence-corrected chi connectivity index (χ0v) is 10.9. The fourth-order valence-corrected chi connectivity index (χ4v) is 3.05. The first-order valence-corrected chi connectivity index (χ1v) is 7.08. The second kappa shape index (κ2) is 3.50. The number of fused-ring (bicyclic) bond motifs is 1. The maximum atomic E-state index is 11.5. The fraction of sp³-hybridized carbons (Fsp3) is 0.111. The third-order valence-corrected chi connectivity index (χ3v) is 3.92. The molecule has 0 bridgehead atoms. The SMILES string of the molecule is CS(=O)(=O)n1cc(Br)c2cc(Cl)ccc21. The van der Waals surface area contributed by atoms with Crippen LogP contribution in [0.4, 0.5) is 0 Å². The molecule has 0 N–H and O–H groups in total. The first kappa shape index (κ1) is 11.0. The molecule has 0 unspecified atom stereocenters. The van der Waals surface area contributed by atoms with E-state index in [0.29, 0.717) is 15.0 Å². The third kappa shape index (κ3) is 1.91. The van der Waals surface area contributed by atoms with Crippen LogP contribution in [0.1, 0.15) is 0 Å². The quantitative estimate of drug-likeness (QED) is 0.812. The molecule has 0 aliphatic carbocycles. The molecule has 1 heterocycles. The highest BCUT2D eigenvalue weighted by molar-refractivity contribution is 9.10. The Morgan fingerprint density at radius 2 is 2.07 bits per heavy atom. The van der Waals surface area contributed by atoms with Crippen LogP contribution in [-0.4, -0.2) is 18.6 Å². The van der Waals surface area contributed by atoms with E-state index in [0.717, 1.165) is 11.6 Å². The molecule has 1 aromatic heterocycles. The van der Waals surface area contributed by atoms with Gasteiger partial charge in [0.15, 0.2) is 0 Å². The van der Waals surface area contributed by atoms with Gasteiger partial charge in [0, 0.05) is 21.1 Å². The van der Waals surface area contributed by atoms with Crippen LogP contribution in [0.15, 0.2) is 28.9 Å². The predicted octanol–water partition coefficient (Wildman–Crippen LogP) is 2.86. The van der Waals surface area contributed by atoms with Crippen LogP contribution in [0, 0.1) is 0 Å². The van der Waals surface area contributed by atoms with Crippen molar-refractivity contribution in [2.24, 2.45) is 0 Å². The highest BCUT2D eigenvalue weighted by Crippen LogP contribution is 2.29. The van der Waals surface area contributed by atoms with Gasteiger partial charge in [-0.2, -0.15) is 0 Å². The van der Waals surface area contributed by atoms with E-state index in [9.17, 15) is 8.42 Å². The van der Waals surface area contributed by atoms with Gasteiger partial charge in [-0.3, -0.25) is 0 Å². The number of hydrogen-bond donors (Lipinski definition) is 0. The summed E-state index contributed by atoms with van der Waals surface area (Å²) in [5, 5.41) is 1.36. The van der Waals surface area contributed by atoms with Crippen molar-refractivity contribution in [2.75, 3.05) is 6.26 Å². The molecule has 0 saturated carbocycles. The molecule has 80 valence electrons. The minimum absolute atomic E-state index is 0.578. The van der Waals surface area contributed by atoms with E-state index >= 15 is 0 Å². The van der Waals surface area contributed by atoms with Crippen LogP contribution in [0.5, 0.6) is 0 Å². The molecule has 0 amide bonds. The van der Waals surface area contributed by atoms with Gasteiger partial charge in [0.1, 0.15) is 0 Å². The largest absolute Gasteiger partial charge is 0.244 e. The molecule has 15 heavy (non-hydrogen) atoms. The van der Waals surface area contributed by atoms with Crippen molar-refractivity contribution < 1.29 is 8.42 Å². The molecule has 3 nitrogen and oxygen atoms in total. The van der Waals surface area contributed by atoms with Crippen LogP contribution < -0.4 is 0 Å². The minimum atomic E-state index is -3.28. The fourth-order valence-electron chi connectivity index (χ4n) is 1.41. The van der Waals surface area contributed by atoms with Crippen LogP contribution >= 0.6 is 27.5 Å². The second-order valence-corrected chi connectivity index (χ2v) is 6.35. The molecule has 2 rings (SSSR count). The van der Waals surface area contributed by atoms with E-state index < -0.39 is 10.0 Å². The standard InChI is InChI=1S/C9H7BrClNO2S/c1-15(13,14)12-5-8(10)7-4-6(11)2-3-9(7)12/h2-5H,1H3. The van der Waals surface area contributed by atoms with Crippen LogP contribution in [0.25, 0.3) is 10.9 Å². The molecule has 0 radical (unpaired) electrons. The second-order valence-electron chi connectivity index (χ2n) is 3.20. The monoisotopic (exact) mass is 307 g/mol. The van der Waals surface area contributed by atoms with Gasteiger partial charge in [-0.15, -0.1) is 0 Å². The molecule has 0 fully saturated rings. The Hall–Kier alpha value is -0.520. The summed E-state index contributed by atoms with van der Waals surface area (Å²) in [6.07, 6.45) is 2.68. The number of aromatic nitrogens is 1. The van der Waals surface area contributed by atoms with Crippen molar-refractivity contribution in [3.8, 4) is 0 Å². The summed E-state index contributed by atoms with van der Waals surface area (Å²) >= 11 is 9.14. The van der Waals surface area contributed by atoms with Gasteiger partial charge in [-0.1, -0.05) is 11.6 Å². The van der Waals surface area contributed by atoms with E-state index in [1.807, 2.05) is 0 Å². The molecule has 0 aliphatic heterocycles. The molecular weight excluding hydrogens is 302 g/mol. The first-order chi connectivity index (χ1) is 6.89. The Kier molecular flexibility index (Phi) is 2.56. The van der Waals surface area contributed by atoms with Gasteiger partial charge >= 0.3 is 0 Å². The molecule has 1 aromatic carbocycles. The third-order valence-electron chi connectivity index (χ3n) is 2.04. The summed E-state index contributed by atoms with van der Waals surface area (Å²) < 4.78 is 24.8. The smallest absolute Gasteiger partial charge is 0.236 e. The van der Waals surface area contributed by atoms with Gasteiger partial charge in [0.25, 0.3) is 0 Å². The predicted molar refractivity (Wildman–Crippen MR) is 64.9 cm³/mol. The molecule has 2 aromatic rings. The summed E-state index contributed by atoms with van der Waals surface area (Å²) in [6, 6.07) is 5.07. The zero-order chi connectivity index (χ0) is 11.2. The topological polar surface area (TPSA) is 39.1 Å². The Balaban J connectivity index is 2.92. The normalized spacial score (nSPS) is 12.2. The van der Waals surface area contributed by atoms with E-state index in [1.165, 1.54) is 10.2 Å². The number of rotatable bonds is 1. The van der Waals surface area contributed by atoms with Crippen molar-refractivity contribution >= 4 is 48.5 Å². The molecule has 6 heteroatoms. The summed E-state index contributed by atoms with van der Waals surface area (Å²) in [4.78, 5) is 0. The summed E-state index contributed by atoms with van der Waals surface area (Å²) in [5.74, 6) is 0. The lowest BCUT2D eigenvalue weighted by Crippen LogP contribution is -2.07. The summed E-state index contributed by atoms with van der Waals surface area (Å²) in [5.41, 5.74) is 0.619. The Morgan fingerprint density at radius 3 is 2.67 bits per heavy atom. The van der Waals surface area contributed by atoms with Gasteiger partial charge in [-0.05, 0) is 34.1 Å². The Labute approximate surface area is 101 Å². The molecule has 0 saturated heterocycles. The lowest BCUT2D eigenvalue weighted by atomic mass is 10.2. The van der Waals surface area contributed by atoms with Crippen molar-refractivity contribution in [1.29, 1.82) is 0 Å². The average Bonchev–Trinajstić information content (AvgIpc) is 2.43. The van der Waals surface area contributed by atoms with Crippen molar-refractivity contribution in [3.05, 3.63) is 33.9 Å². The van der Waals surface area contributed by atoms with Crippen molar-refractivity contribution in [3.63, 3.8) is 0 Å². The Bertz CT molecular complexity index is 633. The van der Waals surface area contributed by atoms with Gasteiger partial charge < -0.3 is 0 Å². The number of halogens is 2. The lowest BCUT2D eigenvalue weighted by Gasteiger charge is -2.00. The van der Waals surface area contributed by atoms with Gasteiger partial charge in [0.2, 0.25) is 10.0 Å². The van der Waals surface area contributed by atoms with Crippen LogP contribution in [0.2, 0.25) is 5.02 Å². The molecule has 0 atom stereocenters. The highest BCUT2D eigenvalue weighted by atomic mass is 79.9. The average molecular weight is 309 g/mol. The lowest BCUT2D eigenvalue weighted by molar-refractivity contribution is 0.595. The molecular formula is C9H7BrClNO2S. The van der Waals surface area contributed by atoms with Gasteiger partial charge in [0.05, 0.1) is 11.8 Å². The van der Waals surface area contributed by atoms with Crippen LogP contribution in [0.3, 0.4) is 0 Å².